The Morgan fingerprint density at radius 2 is 2.00 bits per heavy atom. The highest BCUT2D eigenvalue weighted by atomic mass is 16.6. The number of carbonyl (C=O) groups is 1. The Morgan fingerprint density at radius 3 is 2.75 bits per heavy atom. The zero-order valence-corrected chi connectivity index (χ0v) is 15.1. The predicted molar refractivity (Wildman–Crippen MR) is 92.5 cm³/mol. The van der Waals surface area contributed by atoms with E-state index in [4.69, 9.17) is 9.47 Å². The molecule has 4 heteroatoms. The van der Waals surface area contributed by atoms with Gasteiger partial charge in [0, 0.05) is 5.57 Å². The molecule has 2 heterocycles. The van der Waals surface area contributed by atoms with Crippen LogP contribution in [0, 0.1) is 5.92 Å². The molecule has 24 heavy (non-hydrogen) atoms. The van der Waals surface area contributed by atoms with Crippen LogP contribution < -0.4 is 0 Å². The van der Waals surface area contributed by atoms with E-state index in [1.807, 2.05) is 0 Å². The molecule has 0 unspecified atom stereocenters. The van der Waals surface area contributed by atoms with Crippen molar-refractivity contribution in [3.63, 3.8) is 0 Å². The second kappa shape index (κ2) is 6.30. The average molecular weight is 334 g/mol. The predicted octanol–water partition coefficient (Wildman–Crippen LogP) is 3.68. The van der Waals surface area contributed by atoms with Crippen molar-refractivity contribution in [3.05, 3.63) is 23.8 Å². The van der Waals surface area contributed by atoms with Gasteiger partial charge >= 0.3 is 5.97 Å². The van der Waals surface area contributed by atoms with Gasteiger partial charge in [-0.3, -0.25) is 0 Å². The second-order valence-corrected chi connectivity index (χ2v) is 8.29. The Hall–Kier alpha value is -1.13. The topological polar surface area (TPSA) is 59.1 Å². The second-order valence-electron chi connectivity index (χ2n) is 8.29. The molecule has 0 saturated carbocycles. The molecule has 5 atom stereocenters. The molecule has 0 aromatic carbocycles. The summed E-state index contributed by atoms with van der Waals surface area (Å²) in [4.78, 5) is 12.2. The number of fused-ring (bicyclic) bond motifs is 3. The molecule has 2 fully saturated rings. The van der Waals surface area contributed by atoms with Gasteiger partial charge in [-0.1, -0.05) is 18.2 Å². The van der Waals surface area contributed by atoms with E-state index in [0.29, 0.717) is 24.5 Å². The summed E-state index contributed by atoms with van der Waals surface area (Å²) in [5.74, 6) is -0.279. The summed E-state index contributed by atoms with van der Waals surface area (Å²) in [5.41, 5.74) is 0.820. The molecule has 0 aromatic heterocycles. The minimum absolute atomic E-state index is 0.0654. The third kappa shape index (κ3) is 3.60. The average Bonchev–Trinajstić information content (AvgIpc) is 3.16. The Bertz CT molecular complexity index is 562. The number of hydrogen-bond donors (Lipinski definition) is 1. The molecule has 1 aliphatic carbocycles. The maximum Gasteiger partial charge on any atom is 0.334 e. The van der Waals surface area contributed by atoms with E-state index >= 15 is 0 Å². The summed E-state index contributed by atoms with van der Waals surface area (Å²) >= 11 is 0. The van der Waals surface area contributed by atoms with E-state index < -0.39 is 11.7 Å². The van der Waals surface area contributed by atoms with Crippen LogP contribution in [0.15, 0.2) is 23.8 Å². The van der Waals surface area contributed by atoms with Crippen molar-refractivity contribution in [2.75, 3.05) is 0 Å². The van der Waals surface area contributed by atoms with Crippen LogP contribution in [0.25, 0.3) is 0 Å². The molecule has 0 aromatic rings. The van der Waals surface area contributed by atoms with Crippen molar-refractivity contribution in [3.8, 4) is 0 Å². The summed E-state index contributed by atoms with van der Waals surface area (Å²) < 4.78 is 11.4. The van der Waals surface area contributed by atoms with Crippen LogP contribution in [-0.4, -0.2) is 34.5 Å². The Labute approximate surface area is 144 Å². The largest absolute Gasteiger partial charge is 0.456 e. The highest BCUT2D eigenvalue weighted by molar-refractivity contribution is 5.89. The van der Waals surface area contributed by atoms with Gasteiger partial charge in [-0.25, -0.2) is 4.79 Å². The van der Waals surface area contributed by atoms with Crippen molar-refractivity contribution >= 4 is 5.97 Å². The number of esters is 1. The van der Waals surface area contributed by atoms with Crippen molar-refractivity contribution < 1.29 is 19.4 Å². The molecule has 2 aliphatic heterocycles. The van der Waals surface area contributed by atoms with Gasteiger partial charge in [0.15, 0.2) is 0 Å². The van der Waals surface area contributed by atoms with E-state index in [-0.39, 0.29) is 17.5 Å². The summed E-state index contributed by atoms with van der Waals surface area (Å²) in [7, 11) is 0. The van der Waals surface area contributed by atoms with Crippen molar-refractivity contribution in [1.82, 2.24) is 0 Å². The number of hydrogen-bond acceptors (Lipinski definition) is 4. The monoisotopic (exact) mass is 334 g/mol. The van der Waals surface area contributed by atoms with Gasteiger partial charge in [0.25, 0.3) is 0 Å². The van der Waals surface area contributed by atoms with Crippen LogP contribution in [0.4, 0.5) is 0 Å². The molecule has 1 N–H and O–H groups in total. The standard InChI is InChI=1S/C20H30O4/c1-13-6-5-10-19(3,22)17-12-15(14(2)18(21)23-17)9-11-20(4)16(24-20)8-7-13/h6,15-17,22H,2,5,7-12H2,1,3-4H3/b13-6+/t15-,16-,17-,19-,20-/m0/s1. The number of allylic oxidation sites excluding steroid dienone is 2. The summed E-state index contributed by atoms with van der Waals surface area (Å²) in [6.07, 6.45) is 7.98. The zero-order chi connectivity index (χ0) is 17.5. The summed E-state index contributed by atoms with van der Waals surface area (Å²) in [5, 5.41) is 10.8. The fourth-order valence-corrected chi connectivity index (χ4v) is 4.06. The fraction of sp³-hybridized carbons (Fsp3) is 0.750. The number of epoxide rings is 1. The number of carbonyl (C=O) groups excluding carboxylic acids is 1. The summed E-state index contributed by atoms with van der Waals surface area (Å²) in [6, 6.07) is 0. The first-order valence-corrected chi connectivity index (χ1v) is 9.17. The first kappa shape index (κ1) is 17.7. The lowest BCUT2D eigenvalue weighted by Crippen LogP contribution is -2.47. The van der Waals surface area contributed by atoms with Crippen molar-refractivity contribution in [2.24, 2.45) is 5.92 Å². The Morgan fingerprint density at radius 1 is 1.25 bits per heavy atom. The zero-order valence-electron chi connectivity index (χ0n) is 15.1. The maximum absolute atomic E-state index is 12.2. The third-order valence-corrected chi connectivity index (χ3v) is 6.17. The van der Waals surface area contributed by atoms with E-state index in [9.17, 15) is 9.90 Å². The van der Waals surface area contributed by atoms with Gasteiger partial charge in [0.05, 0.1) is 17.3 Å². The number of rotatable bonds is 0. The lowest BCUT2D eigenvalue weighted by Gasteiger charge is -2.39. The molecule has 0 radical (unpaired) electrons. The molecule has 134 valence electrons. The first-order chi connectivity index (χ1) is 11.2. The molecule has 3 aliphatic rings. The van der Waals surface area contributed by atoms with E-state index in [1.165, 1.54) is 5.57 Å². The molecule has 4 nitrogen and oxygen atoms in total. The van der Waals surface area contributed by atoms with Crippen LogP contribution >= 0.6 is 0 Å². The van der Waals surface area contributed by atoms with Crippen LogP contribution in [0.1, 0.15) is 65.7 Å². The lowest BCUT2D eigenvalue weighted by molar-refractivity contribution is -0.168. The minimum Gasteiger partial charge on any atom is -0.456 e. The van der Waals surface area contributed by atoms with E-state index in [1.54, 1.807) is 6.92 Å². The van der Waals surface area contributed by atoms with Gasteiger partial charge in [-0.2, -0.15) is 0 Å². The number of aliphatic hydroxyl groups is 1. The molecular formula is C20H30O4. The third-order valence-electron chi connectivity index (χ3n) is 6.17. The molecule has 0 amide bonds. The van der Waals surface area contributed by atoms with Crippen LogP contribution in [-0.2, 0) is 14.3 Å². The van der Waals surface area contributed by atoms with Gasteiger partial charge < -0.3 is 14.6 Å². The van der Waals surface area contributed by atoms with Gasteiger partial charge in [0.1, 0.15) is 6.10 Å². The molecule has 3 rings (SSSR count). The highest BCUT2D eigenvalue weighted by Crippen LogP contribution is 2.46. The number of ether oxygens (including phenoxy) is 2. The first-order valence-electron chi connectivity index (χ1n) is 9.17. The van der Waals surface area contributed by atoms with Crippen LogP contribution in [0.3, 0.4) is 0 Å². The van der Waals surface area contributed by atoms with Crippen LogP contribution in [0.5, 0.6) is 0 Å². The normalized spacial score (nSPS) is 46.2. The molecule has 0 spiro atoms. The quantitative estimate of drug-likeness (QED) is 0.318. The van der Waals surface area contributed by atoms with Crippen molar-refractivity contribution in [1.29, 1.82) is 0 Å². The van der Waals surface area contributed by atoms with Gasteiger partial charge in [-0.15, -0.1) is 0 Å². The SMILES string of the molecule is C=C1C(=O)O[C@H]2C[C@@H]1CC[C@]1(C)O[C@H]1CC/C(C)=C/CC[C@]2(C)O. The molecule has 2 bridgehead atoms. The lowest BCUT2D eigenvalue weighted by atomic mass is 9.79. The van der Waals surface area contributed by atoms with E-state index in [0.717, 1.165) is 32.1 Å². The van der Waals surface area contributed by atoms with Gasteiger partial charge in [-0.05, 0) is 71.6 Å². The van der Waals surface area contributed by atoms with Gasteiger partial charge in [0.2, 0.25) is 0 Å². The van der Waals surface area contributed by atoms with Crippen LogP contribution in [0.2, 0.25) is 0 Å². The van der Waals surface area contributed by atoms with Crippen molar-refractivity contribution in [2.45, 2.75) is 89.1 Å². The Balaban J connectivity index is 1.80. The fourth-order valence-electron chi connectivity index (χ4n) is 4.06. The highest BCUT2D eigenvalue weighted by Gasteiger charge is 2.52. The molecule has 2 saturated heterocycles. The Kier molecular flexibility index (Phi) is 4.65. The maximum atomic E-state index is 12.2. The molecular weight excluding hydrogens is 304 g/mol. The smallest absolute Gasteiger partial charge is 0.334 e. The minimum atomic E-state index is -1.00. The van der Waals surface area contributed by atoms with E-state index in [2.05, 4.69) is 26.5 Å². The summed E-state index contributed by atoms with van der Waals surface area (Å²) in [6.45, 7) is 10.0.